The lowest BCUT2D eigenvalue weighted by molar-refractivity contribution is -0.144. The van der Waals surface area contributed by atoms with Crippen molar-refractivity contribution in [2.75, 3.05) is 25.1 Å². The largest absolute Gasteiger partial charge is 0.481 e. The van der Waals surface area contributed by atoms with E-state index in [1.807, 2.05) is 6.92 Å². The van der Waals surface area contributed by atoms with E-state index in [0.717, 1.165) is 25.0 Å². The van der Waals surface area contributed by atoms with Gasteiger partial charge in [0.25, 0.3) is 5.91 Å². The lowest BCUT2D eigenvalue weighted by Gasteiger charge is -2.36. The minimum atomic E-state index is -1.63. The van der Waals surface area contributed by atoms with Crippen molar-refractivity contribution in [3.8, 4) is 5.88 Å². The summed E-state index contributed by atoms with van der Waals surface area (Å²) in [5.41, 5.74) is -0.778. The number of amides is 1. The summed E-state index contributed by atoms with van der Waals surface area (Å²) in [5, 5.41) is 0. The molecule has 0 unspecified atom stereocenters. The number of alkyl halides is 1. The van der Waals surface area contributed by atoms with E-state index in [4.69, 9.17) is 4.74 Å². The normalized spacial score (nSPS) is 27.8. The number of halogens is 1. The number of rotatable bonds is 3. The van der Waals surface area contributed by atoms with E-state index in [-0.39, 0.29) is 18.0 Å². The van der Waals surface area contributed by atoms with Gasteiger partial charge in [0.05, 0.1) is 19.2 Å². The number of aromatic nitrogens is 2. The molecule has 24 heavy (non-hydrogen) atoms. The highest BCUT2D eigenvalue weighted by molar-refractivity contribution is 5.86. The fourth-order valence-electron chi connectivity index (χ4n) is 4.32. The van der Waals surface area contributed by atoms with Gasteiger partial charge in [-0.1, -0.05) is 0 Å². The third kappa shape index (κ3) is 2.41. The van der Waals surface area contributed by atoms with Gasteiger partial charge in [-0.05, 0) is 39.0 Å². The summed E-state index contributed by atoms with van der Waals surface area (Å²) in [4.78, 5) is 25.5. The average Bonchev–Trinajstić information content (AvgIpc) is 3.29. The molecule has 0 spiro atoms. The number of carbonyl (C=O) groups excluding carboxylic acids is 1. The number of likely N-dealkylation sites (tertiary alicyclic amines) is 1. The Labute approximate surface area is 141 Å². The van der Waals surface area contributed by atoms with E-state index in [9.17, 15) is 9.18 Å². The monoisotopic (exact) mass is 334 g/mol. The van der Waals surface area contributed by atoms with Crippen LogP contribution in [0.25, 0.3) is 0 Å². The molecule has 1 saturated carbocycles. The van der Waals surface area contributed by atoms with Crippen LogP contribution in [0.5, 0.6) is 5.88 Å². The summed E-state index contributed by atoms with van der Waals surface area (Å²) in [5.74, 6) is 0.888. The number of methoxy groups -OCH3 is 1. The molecule has 1 aromatic heterocycles. The summed E-state index contributed by atoms with van der Waals surface area (Å²) >= 11 is 0. The molecule has 1 aromatic rings. The molecular formula is C17H23FN4O2. The van der Waals surface area contributed by atoms with Crippen LogP contribution in [0.1, 0.15) is 37.8 Å². The number of carbonyl (C=O) groups is 1. The van der Waals surface area contributed by atoms with Gasteiger partial charge in [-0.15, -0.1) is 0 Å². The number of fused-ring (bicyclic) bond motifs is 2. The molecule has 3 aliphatic rings. The van der Waals surface area contributed by atoms with E-state index in [1.54, 1.807) is 18.1 Å². The Balaban J connectivity index is 1.50. The predicted octanol–water partition coefficient (Wildman–Crippen LogP) is 1.87. The molecule has 0 N–H and O–H groups in total. The molecule has 0 radical (unpaired) electrons. The van der Waals surface area contributed by atoms with Crippen LogP contribution in [-0.2, 0) is 4.79 Å². The molecule has 1 aliphatic carbocycles. The molecule has 7 heteroatoms. The van der Waals surface area contributed by atoms with Crippen LogP contribution in [0.3, 0.4) is 0 Å². The third-order valence-electron chi connectivity index (χ3n) is 5.57. The van der Waals surface area contributed by atoms with Gasteiger partial charge in [0, 0.05) is 24.8 Å². The first-order chi connectivity index (χ1) is 11.5. The van der Waals surface area contributed by atoms with E-state index in [1.165, 1.54) is 0 Å². The summed E-state index contributed by atoms with van der Waals surface area (Å²) in [6.07, 6.45) is 3.24. The fourth-order valence-corrected chi connectivity index (χ4v) is 4.32. The molecule has 1 amide bonds. The van der Waals surface area contributed by atoms with E-state index < -0.39 is 5.67 Å². The Morgan fingerprint density at radius 1 is 1.29 bits per heavy atom. The van der Waals surface area contributed by atoms with Gasteiger partial charge in [-0.2, -0.15) is 4.98 Å². The second kappa shape index (κ2) is 5.57. The highest BCUT2D eigenvalue weighted by atomic mass is 19.1. The zero-order chi connectivity index (χ0) is 16.9. The number of hydrogen-bond donors (Lipinski definition) is 0. The van der Waals surface area contributed by atoms with Crippen LogP contribution in [0.4, 0.5) is 10.3 Å². The SMILES string of the molecule is COc1cc(C)nc(N2C[C@@H]3C[C@H]2CN3C(=O)C2(F)CCCC2)n1. The predicted molar refractivity (Wildman–Crippen MR) is 86.9 cm³/mol. The van der Waals surface area contributed by atoms with E-state index in [0.29, 0.717) is 37.8 Å². The third-order valence-corrected chi connectivity index (χ3v) is 5.57. The fraction of sp³-hybridized carbons (Fsp3) is 0.706. The van der Waals surface area contributed by atoms with Crippen molar-refractivity contribution in [1.82, 2.24) is 14.9 Å². The molecule has 3 heterocycles. The van der Waals surface area contributed by atoms with Crippen LogP contribution in [0, 0.1) is 6.92 Å². The topological polar surface area (TPSA) is 58.6 Å². The van der Waals surface area contributed by atoms with Gasteiger partial charge in [0.1, 0.15) is 0 Å². The van der Waals surface area contributed by atoms with Gasteiger partial charge in [0.2, 0.25) is 11.8 Å². The molecule has 2 aliphatic heterocycles. The Morgan fingerprint density at radius 3 is 2.67 bits per heavy atom. The van der Waals surface area contributed by atoms with E-state index >= 15 is 0 Å². The van der Waals surface area contributed by atoms with Crippen LogP contribution >= 0.6 is 0 Å². The lowest BCUT2D eigenvalue weighted by Crippen LogP contribution is -2.54. The first-order valence-electron chi connectivity index (χ1n) is 8.66. The summed E-state index contributed by atoms with van der Waals surface area (Å²) < 4.78 is 20.0. The number of aryl methyl sites for hydroxylation is 1. The maximum atomic E-state index is 14.8. The van der Waals surface area contributed by atoms with Crippen molar-refractivity contribution < 1.29 is 13.9 Å². The van der Waals surface area contributed by atoms with Crippen LogP contribution < -0.4 is 9.64 Å². The lowest BCUT2D eigenvalue weighted by atomic mass is 10.0. The standard InChI is InChI=1S/C17H23FN4O2/c1-11-7-14(24-2)20-16(19-11)22-10-12-8-13(22)9-21(12)15(23)17(18)5-3-4-6-17/h7,12-13H,3-6,8-10H2,1-2H3/t12-,13-/m0/s1. The first-order valence-corrected chi connectivity index (χ1v) is 8.66. The van der Waals surface area contributed by atoms with Crippen LogP contribution in [0.15, 0.2) is 6.07 Å². The Morgan fingerprint density at radius 2 is 2.04 bits per heavy atom. The second-order valence-electron chi connectivity index (χ2n) is 7.18. The molecule has 6 nitrogen and oxygen atoms in total. The van der Waals surface area contributed by atoms with Crippen molar-refractivity contribution in [3.05, 3.63) is 11.8 Å². The van der Waals surface area contributed by atoms with Gasteiger partial charge in [-0.3, -0.25) is 4.79 Å². The smallest absolute Gasteiger partial charge is 0.260 e. The van der Waals surface area contributed by atoms with Crippen LogP contribution in [0.2, 0.25) is 0 Å². The van der Waals surface area contributed by atoms with Gasteiger partial charge in [0.15, 0.2) is 5.67 Å². The van der Waals surface area contributed by atoms with Crippen LogP contribution in [-0.4, -0.2) is 58.7 Å². The number of hydrogen-bond acceptors (Lipinski definition) is 5. The molecule has 2 saturated heterocycles. The van der Waals surface area contributed by atoms with Gasteiger partial charge < -0.3 is 14.5 Å². The second-order valence-corrected chi connectivity index (χ2v) is 7.18. The zero-order valence-electron chi connectivity index (χ0n) is 14.2. The quantitative estimate of drug-likeness (QED) is 0.844. The average molecular weight is 334 g/mol. The van der Waals surface area contributed by atoms with E-state index in [2.05, 4.69) is 14.9 Å². The summed E-state index contributed by atoms with van der Waals surface area (Å²) in [7, 11) is 1.59. The maximum absolute atomic E-state index is 14.8. The van der Waals surface area contributed by atoms with Gasteiger partial charge in [-0.25, -0.2) is 9.37 Å². The number of piperazine rings is 1. The van der Waals surface area contributed by atoms with Crippen molar-refractivity contribution in [3.63, 3.8) is 0 Å². The van der Waals surface area contributed by atoms with Crippen molar-refractivity contribution in [2.45, 2.75) is 56.8 Å². The first kappa shape index (κ1) is 15.6. The Bertz CT molecular complexity index is 662. The van der Waals surface area contributed by atoms with Crippen molar-refractivity contribution >= 4 is 11.9 Å². The molecular weight excluding hydrogens is 311 g/mol. The summed E-state index contributed by atoms with van der Waals surface area (Å²) in [6, 6.07) is 2.02. The highest BCUT2D eigenvalue weighted by Gasteiger charge is 2.52. The molecule has 4 rings (SSSR count). The molecule has 2 atom stereocenters. The zero-order valence-corrected chi connectivity index (χ0v) is 14.2. The minimum Gasteiger partial charge on any atom is -0.481 e. The maximum Gasteiger partial charge on any atom is 0.260 e. The van der Waals surface area contributed by atoms with Crippen molar-refractivity contribution in [2.24, 2.45) is 0 Å². The van der Waals surface area contributed by atoms with Crippen molar-refractivity contribution in [1.29, 1.82) is 0 Å². The summed E-state index contributed by atoms with van der Waals surface area (Å²) in [6.45, 7) is 3.14. The number of ether oxygens (including phenoxy) is 1. The Kier molecular flexibility index (Phi) is 3.62. The minimum absolute atomic E-state index is 0.0610. The molecule has 3 fully saturated rings. The number of anilines is 1. The molecule has 2 bridgehead atoms. The highest BCUT2D eigenvalue weighted by Crippen LogP contribution is 2.40. The van der Waals surface area contributed by atoms with Gasteiger partial charge >= 0.3 is 0 Å². The number of nitrogens with zero attached hydrogens (tertiary/aromatic N) is 4. The Hall–Kier alpha value is -1.92. The molecule has 0 aromatic carbocycles. The molecule has 130 valence electrons.